The van der Waals surface area contributed by atoms with Crippen molar-refractivity contribution >= 4 is 18.3 Å². The summed E-state index contributed by atoms with van der Waals surface area (Å²) in [4.78, 5) is 11.0. The van der Waals surface area contributed by atoms with Crippen molar-refractivity contribution in [2.45, 2.75) is 19.4 Å². The van der Waals surface area contributed by atoms with E-state index in [2.05, 4.69) is 10.6 Å². The third-order valence-corrected chi connectivity index (χ3v) is 1.63. The molecule has 12 heavy (non-hydrogen) atoms. The van der Waals surface area contributed by atoms with E-state index in [1.807, 2.05) is 13.0 Å². The molecule has 1 heterocycles. The Morgan fingerprint density at radius 1 is 1.67 bits per heavy atom. The summed E-state index contributed by atoms with van der Waals surface area (Å²) in [5, 5.41) is 5.95. The number of rotatable bonds is 3. The number of nitrogens with one attached hydrogen (secondary N) is 2. The monoisotopic (exact) mass is 190 g/mol. The first-order valence-electron chi connectivity index (χ1n) is 4.00. The van der Waals surface area contributed by atoms with Crippen LogP contribution in [0, 0.1) is 0 Å². The summed E-state index contributed by atoms with van der Waals surface area (Å²) in [6.45, 7) is 3.83. The van der Waals surface area contributed by atoms with Gasteiger partial charge in [-0.25, -0.2) is 0 Å². The lowest BCUT2D eigenvalue weighted by atomic mass is 10.2. The highest BCUT2D eigenvalue weighted by molar-refractivity contribution is 5.87. The van der Waals surface area contributed by atoms with Crippen LogP contribution in [0.5, 0.6) is 0 Å². The number of amides is 1. The van der Waals surface area contributed by atoms with E-state index in [1.54, 1.807) is 6.08 Å². The van der Waals surface area contributed by atoms with Crippen molar-refractivity contribution in [3.63, 3.8) is 0 Å². The minimum absolute atomic E-state index is 0. The Hall–Kier alpha value is -0.540. The van der Waals surface area contributed by atoms with E-state index in [0.29, 0.717) is 6.04 Å². The third kappa shape index (κ3) is 3.74. The van der Waals surface area contributed by atoms with Gasteiger partial charge in [0.25, 0.3) is 0 Å². The van der Waals surface area contributed by atoms with Crippen molar-refractivity contribution < 1.29 is 4.79 Å². The summed E-state index contributed by atoms with van der Waals surface area (Å²) in [6, 6.07) is 0.351. The van der Waals surface area contributed by atoms with Gasteiger partial charge in [0.05, 0.1) is 6.04 Å². The fourth-order valence-corrected chi connectivity index (χ4v) is 0.865. The number of hydrogen-bond acceptors (Lipinski definition) is 2. The van der Waals surface area contributed by atoms with Crippen LogP contribution in [0.1, 0.15) is 13.3 Å². The second kappa shape index (κ2) is 6.03. The van der Waals surface area contributed by atoms with Crippen LogP contribution in [0.2, 0.25) is 0 Å². The largest absolute Gasteiger partial charge is 0.347 e. The van der Waals surface area contributed by atoms with Crippen LogP contribution in [0.3, 0.4) is 0 Å². The van der Waals surface area contributed by atoms with Crippen molar-refractivity contribution in [1.82, 2.24) is 10.6 Å². The second-order valence-corrected chi connectivity index (χ2v) is 2.67. The van der Waals surface area contributed by atoms with E-state index in [-0.39, 0.29) is 18.3 Å². The third-order valence-electron chi connectivity index (χ3n) is 1.63. The smallest absolute Gasteiger partial charge is 0.243 e. The molecule has 0 saturated carbocycles. The van der Waals surface area contributed by atoms with E-state index >= 15 is 0 Å². The van der Waals surface area contributed by atoms with Crippen LogP contribution in [0.25, 0.3) is 0 Å². The number of halogens is 1. The van der Waals surface area contributed by atoms with Crippen LogP contribution in [-0.4, -0.2) is 25.0 Å². The van der Waals surface area contributed by atoms with E-state index in [1.165, 1.54) is 0 Å². The first-order valence-corrected chi connectivity index (χ1v) is 4.00. The number of allylic oxidation sites excluding steroid dienone is 1. The Kier molecular flexibility index (Phi) is 5.76. The quantitative estimate of drug-likeness (QED) is 0.635. The summed E-state index contributed by atoms with van der Waals surface area (Å²) in [5.74, 6) is 0.0263. The van der Waals surface area contributed by atoms with Gasteiger partial charge in [-0.1, -0.05) is 13.0 Å². The van der Waals surface area contributed by atoms with Crippen molar-refractivity contribution in [2.75, 3.05) is 13.1 Å². The fourth-order valence-electron chi connectivity index (χ4n) is 0.865. The summed E-state index contributed by atoms with van der Waals surface area (Å²) in [6.07, 6.45) is 4.37. The second-order valence-electron chi connectivity index (χ2n) is 2.67. The van der Waals surface area contributed by atoms with Crippen molar-refractivity contribution in [3.8, 4) is 0 Å². The Balaban J connectivity index is 0.00000121. The molecular weight excluding hydrogens is 176 g/mol. The molecule has 0 aromatic heterocycles. The maximum absolute atomic E-state index is 11.0. The molecular formula is C8H15ClN2O. The van der Waals surface area contributed by atoms with Gasteiger partial charge in [-0.05, 0) is 12.5 Å². The summed E-state index contributed by atoms with van der Waals surface area (Å²) in [5.41, 5.74) is 0. The van der Waals surface area contributed by atoms with Gasteiger partial charge in [-0.3, -0.25) is 4.79 Å². The van der Waals surface area contributed by atoms with Gasteiger partial charge < -0.3 is 10.6 Å². The maximum atomic E-state index is 11.0. The molecule has 0 radical (unpaired) electrons. The molecule has 0 atom stereocenters. The molecule has 0 spiro atoms. The van der Waals surface area contributed by atoms with E-state index in [4.69, 9.17) is 0 Å². The molecule has 0 bridgehead atoms. The van der Waals surface area contributed by atoms with E-state index < -0.39 is 0 Å². The van der Waals surface area contributed by atoms with Crippen LogP contribution in [0.4, 0.5) is 0 Å². The van der Waals surface area contributed by atoms with Gasteiger partial charge in [-0.15, -0.1) is 12.4 Å². The van der Waals surface area contributed by atoms with Crippen LogP contribution in [0.15, 0.2) is 12.2 Å². The molecule has 1 rings (SSSR count). The Morgan fingerprint density at radius 2 is 2.33 bits per heavy atom. The molecule has 3 nitrogen and oxygen atoms in total. The molecule has 1 amide bonds. The van der Waals surface area contributed by atoms with Gasteiger partial charge in [0.1, 0.15) is 0 Å². The first-order chi connectivity index (χ1) is 5.33. The average molecular weight is 191 g/mol. The molecule has 1 aliphatic heterocycles. The maximum Gasteiger partial charge on any atom is 0.243 e. The fraction of sp³-hybridized carbons (Fsp3) is 0.625. The Bertz CT molecular complexity index is 166. The molecule has 0 aromatic rings. The molecule has 0 unspecified atom stereocenters. The number of hydrogen-bond donors (Lipinski definition) is 2. The molecule has 70 valence electrons. The van der Waals surface area contributed by atoms with Gasteiger partial charge >= 0.3 is 0 Å². The lowest BCUT2D eigenvalue weighted by Gasteiger charge is -2.27. The molecule has 0 aliphatic carbocycles. The molecule has 1 fully saturated rings. The number of carbonyl (C=O) groups is 1. The molecule has 0 aromatic carbocycles. The van der Waals surface area contributed by atoms with Crippen LogP contribution >= 0.6 is 12.4 Å². The molecule has 1 aliphatic rings. The predicted octanol–water partition coefficient (Wildman–Crippen LogP) is 0.462. The molecule has 4 heteroatoms. The van der Waals surface area contributed by atoms with E-state index in [9.17, 15) is 4.79 Å². The minimum atomic E-state index is 0. The zero-order chi connectivity index (χ0) is 8.10. The lowest BCUT2D eigenvalue weighted by Crippen LogP contribution is -2.56. The van der Waals surface area contributed by atoms with Gasteiger partial charge in [0, 0.05) is 13.1 Å². The van der Waals surface area contributed by atoms with Gasteiger partial charge in [-0.2, -0.15) is 0 Å². The highest BCUT2D eigenvalue weighted by Crippen LogP contribution is 1.90. The predicted molar refractivity (Wildman–Crippen MR) is 51.5 cm³/mol. The highest BCUT2D eigenvalue weighted by atomic mass is 35.5. The zero-order valence-electron chi connectivity index (χ0n) is 7.17. The minimum Gasteiger partial charge on any atom is -0.347 e. The lowest BCUT2D eigenvalue weighted by molar-refractivity contribution is -0.117. The highest BCUT2D eigenvalue weighted by Gasteiger charge is 2.16. The Labute approximate surface area is 79.0 Å². The SMILES string of the molecule is CC/C=C/C(=O)NC1CNC1.Cl. The van der Waals surface area contributed by atoms with Crippen molar-refractivity contribution in [3.05, 3.63) is 12.2 Å². The Morgan fingerprint density at radius 3 is 2.75 bits per heavy atom. The number of carbonyl (C=O) groups excluding carboxylic acids is 1. The molecule has 1 saturated heterocycles. The summed E-state index contributed by atoms with van der Waals surface area (Å²) in [7, 11) is 0. The van der Waals surface area contributed by atoms with Gasteiger partial charge in [0.15, 0.2) is 0 Å². The summed E-state index contributed by atoms with van der Waals surface area (Å²) >= 11 is 0. The summed E-state index contributed by atoms with van der Waals surface area (Å²) < 4.78 is 0. The van der Waals surface area contributed by atoms with Crippen molar-refractivity contribution in [1.29, 1.82) is 0 Å². The van der Waals surface area contributed by atoms with Gasteiger partial charge in [0.2, 0.25) is 5.91 Å². The standard InChI is InChI=1S/C8H14N2O.ClH/c1-2-3-4-8(11)10-7-5-9-6-7;/h3-4,7,9H,2,5-6H2,1H3,(H,10,11);1H/b4-3+;. The topological polar surface area (TPSA) is 41.1 Å². The van der Waals surface area contributed by atoms with E-state index in [0.717, 1.165) is 19.5 Å². The first kappa shape index (κ1) is 11.5. The van der Waals surface area contributed by atoms with Crippen LogP contribution < -0.4 is 10.6 Å². The van der Waals surface area contributed by atoms with Crippen molar-refractivity contribution in [2.24, 2.45) is 0 Å². The van der Waals surface area contributed by atoms with Crippen LogP contribution in [-0.2, 0) is 4.79 Å². The normalized spacial score (nSPS) is 16.8. The molecule has 2 N–H and O–H groups in total. The zero-order valence-corrected chi connectivity index (χ0v) is 7.99. The average Bonchev–Trinajstić information content (AvgIpc) is 1.93.